The number of imidazole rings is 1. The van der Waals surface area contributed by atoms with Crippen molar-refractivity contribution in [3.05, 3.63) is 34.8 Å². The van der Waals surface area contributed by atoms with Crippen molar-refractivity contribution in [1.82, 2.24) is 14.7 Å². The van der Waals surface area contributed by atoms with Gasteiger partial charge >= 0.3 is 6.18 Å². The molecule has 2 aliphatic heterocycles. The van der Waals surface area contributed by atoms with Crippen LogP contribution in [-0.2, 0) is 17.3 Å². The van der Waals surface area contributed by atoms with Crippen molar-refractivity contribution in [2.75, 3.05) is 0 Å². The minimum atomic E-state index is -4.80. The highest BCUT2D eigenvalue weighted by molar-refractivity contribution is 5.95. The molecule has 2 aromatic rings. The zero-order chi connectivity index (χ0) is 24.3. The molecule has 0 unspecified atom stereocenters. The van der Waals surface area contributed by atoms with Gasteiger partial charge in [-0.2, -0.15) is 18.4 Å². The average molecular weight is 482 g/mol. The van der Waals surface area contributed by atoms with Crippen LogP contribution >= 0.6 is 0 Å². The normalized spacial score (nSPS) is 26.6. The summed E-state index contributed by atoms with van der Waals surface area (Å²) >= 11 is 0. The Morgan fingerprint density at radius 2 is 1.97 bits per heavy atom. The van der Waals surface area contributed by atoms with E-state index in [0.717, 1.165) is 17.2 Å². The molecule has 0 aromatic carbocycles. The first kappa shape index (κ1) is 23.0. The molecule has 1 aliphatic carbocycles. The second-order valence-electron chi connectivity index (χ2n) is 9.53. The van der Waals surface area contributed by atoms with E-state index in [1.807, 2.05) is 6.07 Å². The van der Waals surface area contributed by atoms with E-state index in [0.29, 0.717) is 6.42 Å². The highest BCUT2D eigenvalue weighted by atomic mass is 19.4. The number of fused-ring (bicyclic) bond motifs is 3. The maximum absolute atomic E-state index is 13.8. The molecule has 182 valence electrons. The van der Waals surface area contributed by atoms with Crippen molar-refractivity contribution in [3.63, 3.8) is 0 Å². The first-order valence-corrected chi connectivity index (χ1v) is 11.4. The van der Waals surface area contributed by atoms with Crippen molar-refractivity contribution in [3.8, 4) is 6.07 Å². The lowest BCUT2D eigenvalue weighted by Gasteiger charge is -2.28. The number of alkyl halides is 5. The third-order valence-corrected chi connectivity index (χ3v) is 7.20. The zero-order valence-corrected chi connectivity index (χ0v) is 18.2. The lowest BCUT2D eigenvalue weighted by molar-refractivity contribution is -0.141. The van der Waals surface area contributed by atoms with Crippen LogP contribution in [0.3, 0.4) is 0 Å². The number of carbonyl (C=O) groups excluding carboxylic acids is 1. The minimum absolute atomic E-state index is 0.0365. The number of rotatable bonds is 4. The van der Waals surface area contributed by atoms with Crippen LogP contribution in [0.4, 0.5) is 22.0 Å². The van der Waals surface area contributed by atoms with Gasteiger partial charge in [0.1, 0.15) is 17.4 Å². The quantitative estimate of drug-likeness (QED) is 0.644. The summed E-state index contributed by atoms with van der Waals surface area (Å²) in [6, 6.07) is 4.17. The van der Waals surface area contributed by atoms with Crippen molar-refractivity contribution < 1.29 is 31.5 Å². The van der Waals surface area contributed by atoms with Gasteiger partial charge in [-0.3, -0.25) is 9.20 Å². The number of nitriles is 1. The summed E-state index contributed by atoms with van der Waals surface area (Å²) in [6.07, 6.45) is -3.02. The number of ether oxygens (including phenoxy) is 1. The zero-order valence-electron chi connectivity index (χ0n) is 18.2. The monoisotopic (exact) mass is 482 g/mol. The van der Waals surface area contributed by atoms with Gasteiger partial charge in [0.2, 0.25) is 5.92 Å². The molecular formula is C23H23F5N4O2. The molecular weight excluding hydrogens is 459 g/mol. The standard InChI is InChI=1S/C23H23F5N4O2/c24-22(25)5-3-12(4-6-22)7-17-20(23(26,27)28)31-19-9-13(8-14(11-29)32(17)19)21(33)30-16-10-15-1-2-18(16)34-15/h8-9,12,15-16,18H,1-7,10H2,(H,30,33)/t15-,16-,18+/m0/s1. The van der Waals surface area contributed by atoms with E-state index in [9.17, 15) is 32.0 Å². The summed E-state index contributed by atoms with van der Waals surface area (Å²) in [7, 11) is 0. The van der Waals surface area contributed by atoms with E-state index >= 15 is 0 Å². The van der Waals surface area contributed by atoms with Crippen LogP contribution in [0, 0.1) is 17.2 Å². The van der Waals surface area contributed by atoms with Crippen LogP contribution in [0.1, 0.15) is 72.4 Å². The number of amides is 1. The largest absolute Gasteiger partial charge is 0.435 e. The van der Waals surface area contributed by atoms with Gasteiger partial charge in [-0.1, -0.05) is 0 Å². The Morgan fingerprint density at radius 1 is 1.24 bits per heavy atom. The second kappa shape index (κ2) is 8.18. The molecule has 4 heterocycles. The van der Waals surface area contributed by atoms with E-state index in [1.54, 1.807) is 0 Å². The minimum Gasteiger partial charge on any atom is -0.373 e. The van der Waals surface area contributed by atoms with Gasteiger partial charge in [-0.05, 0) is 56.6 Å². The molecule has 5 rings (SSSR count). The van der Waals surface area contributed by atoms with Crippen molar-refractivity contribution in [2.24, 2.45) is 5.92 Å². The van der Waals surface area contributed by atoms with Crippen LogP contribution in [0.2, 0.25) is 0 Å². The Bertz CT molecular complexity index is 1160. The highest BCUT2D eigenvalue weighted by Gasteiger charge is 2.42. The first-order valence-electron chi connectivity index (χ1n) is 11.4. The molecule has 3 atom stereocenters. The lowest BCUT2D eigenvalue weighted by Crippen LogP contribution is -2.41. The molecule has 0 radical (unpaired) electrons. The summed E-state index contributed by atoms with van der Waals surface area (Å²) in [4.78, 5) is 16.6. The van der Waals surface area contributed by atoms with Gasteiger partial charge in [-0.25, -0.2) is 13.8 Å². The van der Waals surface area contributed by atoms with Crippen molar-refractivity contribution in [2.45, 2.75) is 81.7 Å². The third-order valence-electron chi connectivity index (χ3n) is 7.20. The molecule has 2 bridgehead atoms. The fourth-order valence-corrected chi connectivity index (χ4v) is 5.48. The Kier molecular flexibility index (Phi) is 5.54. The van der Waals surface area contributed by atoms with Gasteiger partial charge in [0.15, 0.2) is 5.69 Å². The molecule has 0 spiro atoms. The number of hydrogen-bond acceptors (Lipinski definition) is 4. The third kappa shape index (κ3) is 4.24. The van der Waals surface area contributed by atoms with Crippen LogP contribution in [0.15, 0.2) is 12.1 Å². The fourth-order valence-electron chi connectivity index (χ4n) is 5.48. The number of aromatic nitrogens is 2. The molecule has 3 fully saturated rings. The number of halogens is 5. The number of nitrogens with one attached hydrogen (secondary N) is 1. The molecule has 1 amide bonds. The van der Waals surface area contributed by atoms with Gasteiger partial charge in [0, 0.05) is 18.4 Å². The van der Waals surface area contributed by atoms with Crippen LogP contribution < -0.4 is 5.32 Å². The predicted octanol–water partition coefficient (Wildman–Crippen LogP) is 4.64. The summed E-state index contributed by atoms with van der Waals surface area (Å²) in [5.74, 6) is -3.69. The topological polar surface area (TPSA) is 79.4 Å². The van der Waals surface area contributed by atoms with Crippen molar-refractivity contribution in [1.29, 1.82) is 5.26 Å². The fraction of sp³-hybridized carbons (Fsp3) is 0.609. The van der Waals surface area contributed by atoms with Crippen LogP contribution in [0.25, 0.3) is 5.65 Å². The molecule has 11 heteroatoms. The Labute approximate surface area is 192 Å². The lowest BCUT2D eigenvalue weighted by atomic mass is 9.83. The van der Waals surface area contributed by atoms with Gasteiger partial charge in [-0.15, -0.1) is 0 Å². The van der Waals surface area contributed by atoms with Gasteiger partial charge < -0.3 is 10.1 Å². The van der Waals surface area contributed by atoms with E-state index in [1.165, 1.54) is 12.1 Å². The molecule has 3 aliphatic rings. The molecule has 34 heavy (non-hydrogen) atoms. The van der Waals surface area contributed by atoms with E-state index in [2.05, 4.69) is 10.3 Å². The van der Waals surface area contributed by atoms with E-state index < -0.39 is 23.7 Å². The number of hydrogen-bond donors (Lipinski definition) is 1. The summed E-state index contributed by atoms with van der Waals surface area (Å²) in [6.45, 7) is 0. The first-order chi connectivity index (χ1) is 16.0. The number of pyridine rings is 1. The van der Waals surface area contributed by atoms with E-state index in [4.69, 9.17) is 4.74 Å². The molecule has 1 saturated carbocycles. The van der Waals surface area contributed by atoms with E-state index in [-0.39, 0.29) is 78.9 Å². The Morgan fingerprint density at radius 3 is 2.56 bits per heavy atom. The summed E-state index contributed by atoms with van der Waals surface area (Å²) in [5.41, 5.74) is -1.68. The predicted molar refractivity (Wildman–Crippen MR) is 109 cm³/mol. The molecule has 1 N–H and O–H groups in total. The summed E-state index contributed by atoms with van der Waals surface area (Å²) in [5, 5.41) is 12.6. The van der Waals surface area contributed by atoms with Gasteiger partial charge in [0.25, 0.3) is 5.91 Å². The van der Waals surface area contributed by atoms with Crippen LogP contribution in [0.5, 0.6) is 0 Å². The molecule has 2 saturated heterocycles. The molecule has 2 aromatic heterocycles. The summed E-state index contributed by atoms with van der Waals surface area (Å²) < 4.78 is 75.4. The highest BCUT2D eigenvalue weighted by Crippen LogP contribution is 2.40. The Balaban J connectivity index is 1.48. The second-order valence-corrected chi connectivity index (χ2v) is 9.53. The Hall–Kier alpha value is -2.74. The van der Waals surface area contributed by atoms with Crippen molar-refractivity contribution >= 4 is 11.6 Å². The van der Waals surface area contributed by atoms with Crippen LogP contribution in [-0.4, -0.2) is 39.5 Å². The smallest absolute Gasteiger partial charge is 0.373 e. The number of carbonyl (C=O) groups is 1. The number of nitrogens with zero attached hydrogens (tertiary/aromatic N) is 3. The van der Waals surface area contributed by atoms with Gasteiger partial charge in [0.05, 0.1) is 23.9 Å². The maximum atomic E-state index is 13.8. The maximum Gasteiger partial charge on any atom is 0.435 e. The SMILES string of the molecule is N#Cc1cc(C(=O)N[C@H]2C[C@@H]3CC[C@H]2O3)cc2nc(C(F)(F)F)c(CC3CCC(F)(F)CC3)n12. The average Bonchev–Trinajstić information content (AvgIpc) is 3.48. The molecule has 6 nitrogen and oxygen atoms in total.